The third-order valence-corrected chi connectivity index (χ3v) is 8.17. The minimum Gasteiger partial charge on any atom is -0.469 e. The van der Waals surface area contributed by atoms with Gasteiger partial charge in [0, 0.05) is 31.7 Å². The van der Waals surface area contributed by atoms with Crippen molar-refractivity contribution < 1.29 is 9.53 Å². The molecule has 0 N–H and O–H groups in total. The molecule has 0 amide bonds. The lowest BCUT2D eigenvalue weighted by Crippen LogP contribution is -3.16. The van der Waals surface area contributed by atoms with E-state index in [1.54, 1.807) is 7.11 Å². The highest BCUT2D eigenvalue weighted by Crippen LogP contribution is 3.08. The molecular weight excluding hydrogens is 240 g/mol. The molecule has 19 heavy (non-hydrogen) atoms. The molecule has 1 heterocycles. The van der Waals surface area contributed by atoms with Crippen LogP contribution in [-0.2, 0) is 9.53 Å². The zero-order valence-corrected chi connectivity index (χ0v) is 11.5. The van der Waals surface area contributed by atoms with Gasteiger partial charge in [-0.15, -0.1) is 0 Å². The van der Waals surface area contributed by atoms with Gasteiger partial charge in [-0.05, 0) is 42.6 Å². The smallest absolute Gasteiger partial charge is 0.312 e. The van der Waals surface area contributed by atoms with Gasteiger partial charge in [-0.2, -0.15) is 0 Å². The van der Waals surface area contributed by atoms with Gasteiger partial charge < -0.3 is 9.64 Å². The lowest BCUT2D eigenvalue weighted by molar-refractivity contribution is -0.630. The number of rotatable bonds is 2. The van der Waals surface area contributed by atoms with Crippen molar-refractivity contribution in [3.63, 3.8) is 0 Å². The number of piperazine rings is 1. The molecule has 7 rings (SSSR count). The summed E-state index contributed by atoms with van der Waals surface area (Å²) in [5.41, 5.74) is 0.625. The monoisotopic (exact) mass is 260 g/mol. The van der Waals surface area contributed by atoms with Crippen LogP contribution < -0.4 is 0 Å². The molecule has 102 valence electrons. The topological polar surface area (TPSA) is 32.8 Å². The molecule has 0 aromatic heterocycles. The highest BCUT2D eigenvalue weighted by Gasteiger charge is 3.12. The van der Waals surface area contributed by atoms with E-state index >= 15 is 0 Å². The van der Waals surface area contributed by atoms with E-state index in [2.05, 4.69) is 16.8 Å². The molecule has 6 saturated carbocycles. The Morgan fingerprint density at radius 2 is 1.53 bits per heavy atom. The summed E-state index contributed by atoms with van der Waals surface area (Å²) in [5.74, 6) is 4.90. The van der Waals surface area contributed by atoms with Crippen LogP contribution in [0.4, 0.5) is 0 Å². The second kappa shape index (κ2) is 2.48. The minimum atomic E-state index is 0.0447. The van der Waals surface area contributed by atoms with Gasteiger partial charge in [0.05, 0.1) is 12.5 Å². The lowest BCUT2D eigenvalue weighted by atomic mass is 8.94. The van der Waals surface area contributed by atoms with E-state index in [0.717, 1.165) is 35.5 Å². The molecule has 0 unspecified atom stereocenters. The van der Waals surface area contributed by atoms with Crippen molar-refractivity contribution in [1.82, 2.24) is 9.80 Å². The normalized spacial score (nSPS) is 66.8. The van der Waals surface area contributed by atoms with Crippen molar-refractivity contribution >= 4 is 5.97 Å². The molecule has 4 nitrogen and oxygen atoms in total. The molecule has 1 saturated heterocycles. The predicted octanol–water partition coefficient (Wildman–Crippen LogP) is -0.103. The molecular formula is C15H20N2O2. The van der Waals surface area contributed by atoms with Crippen molar-refractivity contribution in [2.75, 3.05) is 40.3 Å². The van der Waals surface area contributed by atoms with Crippen molar-refractivity contribution in [1.29, 1.82) is 0 Å². The van der Waals surface area contributed by atoms with E-state index in [4.69, 9.17) is 4.74 Å². The Morgan fingerprint density at radius 1 is 1.00 bits per heavy atom. The zero-order valence-electron chi connectivity index (χ0n) is 11.5. The fraction of sp³-hybridized carbons (Fsp3) is 0.933. The van der Waals surface area contributed by atoms with E-state index in [0.29, 0.717) is 5.54 Å². The van der Waals surface area contributed by atoms with E-state index < -0.39 is 0 Å². The average molecular weight is 260 g/mol. The van der Waals surface area contributed by atoms with Crippen LogP contribution in [0.2, 0.25) is 0 Å². The van der Waals surface area contributed by atoms with Crippen LogP contribution in [0, 0.1) is 40.9 Å². The number of ether oxygens (including phenoxy) is 1. The summed E-state index contributed by atoms with van der Waals surface area (Å²) in [5, 5.41) is 0. The number of hydrogen-bond donors (Lipinski definition) is 0. The second-order valence-corrected chi connectivity index (χ2v) is 7.76. The van der Waals surface area contributed by atoms with E-state index in [1.807, 2.05) is 0 Å². The molecule has 6 aliphatic carbocycles. The third-order valence-electron chi connectivity index (χ3n) is 8.17. The van der Waals surface area contributed by atoms with Gasteiger partial charge in [0.15, 0.2) is 0 Å². The Kier molecular flexibility index (Phi) is 1.33. The van der Waals surface area contributed by atoms with Crippen LogP contribution >= 0.6 is 0 Å². The molecule has 0 spiro atoms. The first-order chi connectivity index (χ1) is 9.21. The van der Waals surface area contributed by atoms with Crippen LogP contribution in [0.3, 0.4) is 0 Å². The Bertz CT molecular complexity index is 469. The molecule has 1 aliphatic heterocycles. The summed E-state index contributed by atoms with van der Waals surface area (Å²) < 4.78 is 5.09. The van der Waals surface area contributed by atoms with Crippen LogP contribution in [0.1, 0.15) is 0 Å². The highest BCUT2D eigenvalue weighted by molar-refractivity contribution is 5.89. The van der Waals surface area contributed by atoms with Gasteiger partial charge in [0.2, 0.25) is 0 Å². The maximum atomic E-state index is 12.1. The Morgan fingerprint density at radius 3 is 2.00 bits per heavy atom. The van der Waals surface area contributed by atoms with Gasteiger partial charge in [-0.1, -0.05) is 0 Å². The second-order valence-electron chi connectivity index (χ2n) is 7.76. The van der Waals surface area contributed by atoms with Crippen LogP contribution in [0.15, 0.2) is 0 Å². The Labute approximate surface area is 113 Å². The summed E-state index contributed by atoms with van der Waals surface area (Å²) in [6.45, 7) is 4.93. The highest BCUT2D eigenvalue weighted by atomic mass is 16.5. The SMILES string of the molecule is COC(=O)C12C3C4C1C1C2C3C41N1CCN(C)CC1. The summed E-state index contributed by atoms with van der Waals surface area (Å²) in [4.78, 5) is 17.3. The quantitative estimate of drug-likeness (QED) is 0.649. The number of likely N-dealkylation sites (N-methyl/N-ethyl adjacent to an activating group) is 1. The van der Waals surface area contributed by atoms with E-state index in [9.17, 15) is 4.79 Å². The number of hydrogen-bond acceptors (Lipinski definition) is 4. The number of nitrogens with zero attached hydrogens (tertiary/aromatic N) is 2. The third kappa shape index (κ3) is 0.592. The summed E-state index contributed by atoms with van der Waals surface area (Å²) >= 11 is 0. The number of methoxy groups -OCH3 is 1. The number of carbonyl (C=O) groups excluding carboxylic acids is 1. The molecule has 7 aliphatic rings. The van der Waals surface area contributed by atoms with Crippen molar-refractivity contribution in [3.8, 4) is 0 Å². The largest absolute Gasteiger partial charge is 0.469 e. The molecule has 0 bridgehead atoms. The fourth-order valence-electron chi connectivity index (χ4n) is 7.88. The van der Waals surface area contributed by atoms with Gasteiger partial charge in [0.25, 0.3) is 0 Å². The summed E-state index contributed by atoms with van der Waals surface area (Å²) in [6.07, 6.45) is 0. The summed E-state index contributed by atoms with van der Waals surface area (Å²) in [6, 6.07) is 0. The van der Waals surface area contributed by atoms with Crippen LogP contribution in [0.5, 0.6) is 0 Å². The maximum absolute atomic E-state index is 12.1. The number of carbonyl (C=O) groups is 1. The van der Waals surface area contributed by atoms with Crippen LogP contribution in [-0.4, -0.2) is 61.6 Å². The van der Waals surface area contributed by atoms with Gasteiger partial charge in [0.1, 0.15) is 0 Å². The Balaban J connectivity index is 1.30. The first kappa shape index (κ1) is 10.2. The fourth-order valence-corrected chi connectivity index (χ4v) is 7.88. The minimum absolute atomic E-state index is 0.0447. The first-order valence-corrected chi connectivity index (χ1v) is 7.73. The van der Waals surface area contributed by atoms with E-state index in [-0.39, 0.29) is 11.4 Å². The molecule has 0 radical (unpaired) electrons. The molecule has 0 atom stereocenters. The van der Waals surface area contributed by atoms with Crippen molar-refractivity contribution in [2.45, 2.75) is 5.54 Å². The Hall–Kier alpha value is -0.610. The first-order valence-electron chi connectivity index (χ1n) is 7.73. The molecule has 4 heteroatoms. The van der Waals surface area contributed by atoms with Crippen LogP contribution in [0.25, 0.3) is 0 Å². The number of esters is 1. The summed E-state index contributed by atoms with van der Waals surface area (Å²) in [7, 11) is 3.80. The van der Waals surface area contributed by atoms with E-state index in [1.165, 1.54) is 26.2 Å². The lowest BCUT2D eigenvalue weighted by Gasteiger charge is -3.11. The van der Waals surface area contributed by atoms with Gasteiger partial charge >= 0.3 is 5.97 Å². The standard InChI is InChI=1S/C15H20N2O2/c1-16-3-5-17(6-4-16)15-10-7-11(15)9-12(15)8(10)14(7,9)13(18)19-2/h7-12H,3-6H2,1-2H3. The molecule has 0 aromatic carbocycles. The molecule has 0 aromatic rings. The maximum Gasteiger partial charge on any atom is 0.312 e. The van der Waals surface area contributed by atoms with Crippen molar-refractivity contribution in [2.24, 2.45) is 40.9 Å². The zero-order chi connectivity index (χ0) is 12.7. The van der Waals surface area contributed by atoms with Gasteiger partial charge in [-0.25, -0.2) is 0 Å². The predicted molar refractivity (Wildman–Crippen MR) is 67.2 cm³/mol. The van der Waals surface area contributed by atoms with Gasteiger partial charge in [-0.3, -0.25) is 9.69 Å². The molecule has 7 fully saturated rings. The van der Waals surface area contributed by atoms with Crippen molar-refractivity contribution in [3.05, 3.63) is 0 Å². The average Bonchev–Trinajstić information content (AvgIpc) is 2.47.